The molecule has 4 unspecified atom stereocenters. The Balaban J connectivity index is 1.34. The van der Waals surface area contributed by atoms with E-state index in [2.05, 4.69) is 29.2 Å². The lowest BCUT2D eigenvalue weighted by Crippen LogP contribution is -2.61. The first kappa shape index (κ1) is 21.1. The Bertz CT molecular complexity index is 690. The number of Topliss-reactive ketones (excluding diaryl/α,β-unsaturated/α-hetero) is 1. The average Bonchev–Trinajstić information content (AvgIpc) is 3.04. The maximum Gasteiger partial charge on any atom is 0.172 e. The number of hydrogen-bond acceptors (Lipinski definition) is 6. The zero-order valence-electron chi connectivity index (χ0n) is 16.6. The van der Waals surface area contributed by atoms with Gasteiger partial charge in [-0.25, -0.2) is 0 Å². The molecule has 8 heteroatoms. The van der Waals surface area contributed by atoms with Crippen LogP contribution in [-0.2, 0) is 28.5 Å². The molecule has 10 atom stereocenters. The quantitative estimate of drug-likeness (QED) is 0.364. The van der Waals surface area contributed by atoms with Gasteiger partial charge in [-0.05, 0) is 58.8 Å². The molecule has 6 fully saturated rings. The predicted molar refractivity (Wildman–Crippen MR) is 114 cm³/mol. The maximum atomic E-state index is 11.6. The van der Waals surface area contributed by atoms with E-state index in [0.717, 1.165) is 29.3 Å². The molecule has 0 aromatic heterocycles. The first-order valence-corrected chi connectivity index (χ1v) is 12.1. The van der Waals surface area contributed by atoms with Crippen molar-refractivity contribution >= 4 is 40.0 Å². The number of carbonyl (C=O) groups is 1. The highest BCUT2D eigenvalue weighted by molar-refractivity contribution is 14.1. The second-order valence-electron chi connectivity index (χ2n) is 9.12. The van der Waals surface area contributed by atoms with Crippen molar-refractivity contribution in [1.29, 1.82) is 0 Å². The summed E-state index contributed by atoms with van der Waals surface area (Å²) in [5, 5.41) is 0.00782. The molecule has 6 saturated heterocycles. The molecule has 6 aliphatic heterocycles. The van der Waals surface area contributed by atoms with E-state index in [1.54, 1.807) is 6.92 Å². The van der Waals surface area contributed by atoms with E-state index in [-0.39, 0.29) is 60.0 Å². The van der Waals surface area contributed by atoms with Gasteiger partial charge in [0, 0.05) is 24.6 Å². The van der Waals surface area contributed by atoms with Crippen molar-refractivity contribution in [2.75, 3.05) is 0 Å². The van der Waals surface area contributed by atoms with Crippen LogP contribution < -0.4 is 0 Å². The van der Waals surface area contributed by atoms with E-state index < -0.39 is 5.79 Å². The number of ketones is 1. The number of ether oxygens (including phenoxy) is 5. The summed E-state index contributed by atoms with van der Waals surface area (Å²) < 4.78 is 33.3. The van der Waals surface area contributed by atoms with Gasteiger partial charge in [-0.1, -0.05) is 6.58 Å². The van der Waals surface area contributed by atoms with Crippen LogP contribution in [0.4, 0.5) is 0 Å². The van der Waals surface area contributed by atoms with Gasteiger partial charge in [0.05, 0.1) is 18.3 Å². The summed E-state index contributed by atoms with van der Waals surface area (Å²) in [5.74, 6) is -0.549. The van der Waals surface area contributed by atoms with E-state index in [1.807, 2.05) is 0 Å². The van der Waals surface area contributed by atoms with Gasteiger partial charge in [-0.15, -0.1) is 11.6 Å². The van der Waals surface area contributed by atoms with Crippen molar-refractivity contribution in [1.82, 2.24) is 0 Å². The van der Waals surface area contributed by atoms with E-state index in [0.29, 0.717) is 19.3 Å². The van der Waals surface area contributed by atoms with Gasteiger partial charge >= 0.3 is 0 Å². The normalized spacial score (nSPS) is 48.2. The van der Waals surface area contributed by atoms with Gasteiger partial charge in [-0.3, -0.25) is 4.79 Å². The van der Waals surface area contributed by atoms with Crippen LogP contribution in [0, 0.1) is 0 Å². The number of alkyl halides is 1. The molecule has 6 aliphatic rings. The van der Waals surface area contributed by atoms with Crippen molar-refractivity contribution in [3.63, 3.8) is 0 Å². The molecule has 6 heterocycles. The molecule has 0 aliphatic carbocycles. The Hall–Kier alpha value is 0.230. The zero-order valence-corrected chi connectivity index (χ0v) is 19.5. The summed E-state index contributed by atoms with van der Waals surface area (Å²) in [6.45, 7) is 5.56. The second kappa shape index (κ2) is 7.98. The molecular formula is C21H28ClIO6. The lowest BCUT2D eigenvalue weighted by molar-refractivity contribution is -0.292. The molecule has 0 N–H and O–H groups in total. The van der Waals surface area contributed by atoms with Crippen LogP contribution in [0.25, 0.3) is 0 Å². The molecule has 29 heavy (non-hydrogen) atoms. The van der Waals surface area contributed by atoms with Crippen molar-refractivity contribution in [2.45, 2.75) is 112 Å². The van der Waals surface area contributed by atoms with Crippen LogP contribution in [0.15, 0.2) is 10.2 Å². The van der Waals surface area contributed by atoms with Gasteiger partial charge in [0.15, 0.2) is 5.79 Å². The van der Waals surface area contributed by atoms with Crippen LogP contribution in [0.5, 0.6) is 0 Å². The topological polar surface area (TPSA) is 63.2 Å². The number of halogens is 2. The van der Waals surface area contributed by atoms with Gasteiger partial charge in [-0.2, -0.15) is 0 Å². The molecule has 0 amide bonds. The minimum atomic E-state index is -0.696. The minimum absolute atomic E-state index is 0.00325. The summed E-state index contributed by atoms with van der Waals surface area (Å²) in [4.78, 5) is 11.6. The molecule has 162 valence electrons. The fourth-order valence-electron chi connectivity index (χ4n) is 5.67. The van der Waals surface area contributed by atoms with E-state index in [4.69, 9.17) is 35.3 Å². The summed E-state index contributed by atoms with van der Waals surface area (Å²) in [6, 6.07) is 0. The monoisotopic (exact) mass is 538 g/mol. The molecule has 0 saturated carbocycles. The predicted octanol–water partition coefficient (Wildman–Crippen LogP) is 3.66. The van der Waals surface area contributed by atoms with Crippen LogP contribution in [0.2, 0.25) is 0 Å². The SMILES string of the molecule is C=C(I)C[C@H](Cl)CCC12CC3O[C@@H]4C(O[C@H]5CC[C@H](CC(C)=O)O[C@@H]5[C@@H]4O1)C3O2. The highest BCUT2D eigenvalue weighted by Crippen LogP contribution is 2.54. The number of rotatable bonds is 7. The first-order chi connectivity index (χ1) is 13.8. The van der Waals surface area contributed by atoms with Gasteiger partial charge < -0.3 is 23.7 Å². The van der Waals surface area contributed by atoms with Crippen molar-refractivity contribution < 1.29 is 28.5 Å². The fourth-order valence-corrected chi connectivity index (χ4v) is 6.75. The maximum absolute atomic E-state index is 11.6. The number of carbonyl (C=O) groups excluding carboxylic acids is 1. The standard InChI is InChI=1S/C21H28ClIO6/c1-10(23)7-12(22)5-6-21-9-15-17(28-21)18-19(27-15)20(29-21)16-14(26-18)4-3-13(25-16)8-11(2)24/h12-20H,1,3-9H2,2H3/t12-,13-,14+,15?,16+,17?,18?,19-,20+,21?/m1/s1. The lowest BCUT2D eigenvalue weighted by Gasteiger charge is -2.47. The molecule has 0 spiro atoms. The number of allylic oxidation sites excluding steroid dienone is 1. The summed E-state index contributed by atoms with van der Waals surface area (Å²) >= 11 is 8.74. The molecule has 0 aromatic rings. The minimum Gasteiger partial charge on any atom is -0.369 e. The average molecular weight is 539 g/mol. The van der Waals surface area contributed by atoms with Gasteiger partial charge in [0.1, 0.15) is 36.3 Å². The Morgan fingerprint density at radius 1 is 1.10 bits per heavy atom. The third-order valence-electron chi connectivity index (χ3n) is 6.83. The molecule has 6 rings (SSSR count). The Kier molecular flexibility index (Phi) is 5.80. The zero-order chi connectivity index (χ0) is 20.3. The third kappa shape index (κ3) is 3.94. The van der Waals surface area contributed by atoms with Crippen molar-refractivity contribution in [2.24, 2.45) is 0 Å². The van der Waals surface area contributed by atoms with Gasteiger partial charge in [0.2, 0.25) is 0 Å². The highest BCUT2D eigenvalue weighted by Gasteiger charge is 2.68. The molecule has 6 nitrogen and oxygen atoms in total. The molecule has 0 aromatic carbocycles. The fraction of sp³-hybridized carbons (Fsp3) is 0.857. The lowest BCUT2D eigenvalue weighted by atomic mass is 9.87. The highest BCUT2D eigenvalue weighted by atomic mass is 127. The van der Waals surface area contributed by atoms with Gasteiger partial charge in [0.25, 0.3) is 0 Å². The van der Waals surface area contributed by atoms with Crippen LogP contribution in [0.1, 0.15) is 51.9 Å². The first-order valence-electron chi connectivity index (χ1n) is 10.6. The van der Waals surface area contributed by atoms with Crippen molar-refractivity contribution in [3.8, 4) is 0 Å². The smallest absolute Gasteiger partial charge is 0.172 e. The third-order valence-corrected chi connectivity index (χ3v) is 7.64. The van der Waals surface area contributed by atoms with Crippen LogP contribution >= 0.6 is 34.2 Å². The summed E-state index contributed by atoms with van der Waals surface area (Å²) in [5.41, 5.74) is 0. The Labute approximate surface area is 190 Å². The molecule has 6 bridgehead atoms. The Morgan fingerprint density at radius 3 is 2.59 bits per heavy atom. The second-order valence-corrected chi connectivity index (χ2v) is 11.3. The largest absolute Gasteiger partial charge is 0.369 e. The van der Waals surface area contributed by atoms with Crippen LogP contribution in [-0.4, -0.2) is 65.8 Å². The Morgan fingerprint density at radius 2 is 1.83 bits per heavy atom. The molecule has 0 radical (unpaired) electrons. The summed E-state index contributed by atoms with van der Waals surface area (Å²) in [6.07, 6.45) is 4.17. The van der Waals surface area contributed by atoms with E-state index in [1.165, 1.54) is 0 Å². The van der Waals surface area contributed by atoms with Crippen LogP contribution in [0.3, 0.4) is 0 Å². The van der Waals surface area contributed by atoms with E-state index >= 15 is 0 Å². The number of fused-ring (bicyclic) bond motifs is 1. The summed E-state index contributed by atoms with van der Waals surface area (Å²) in [7, 11) is 0. The van der Waals surface area contributed by atoms with Crippen molar-refractivity contribution in [3.05, 3.63) is 10.2 Å². The molecular weight excluding hydrogens is 511 g/mol. The van der Waals surface area contributed by atoms with E-state index in [9.17, 15) is 4.79 Å². The number of hydrogen-bond donors (Lipinski definition) is 0.